The summed E-state index contributed by atoms with van der Waals surface area (Å²) in [5, 5.41) is 0. The Bertz CT molecular complexity index is 975. The predicted octanol–water partition coefficient (Wildman–Crippen LogP) is 3.55. The topological polar surface area (TPSA) is 58.8 Å². The number of ether oxygens (including phenoxy) is 1. The van der Waals surface area contributed by atoms with Gasteiger partial charge in [0, 0.05) is 38.3 Å². The van der Waals surface area contributed by atoms with Gasteiger partial charge >= 0.3 is 0 Å². The van der Waals surface area contributed by atoms with Crippen molar-refractivity contribution in [1.29, 1.82) is 0 Å². The third kappa shape index (κ3) is 4.71. The molecule has 0 radical (unpaired) electrons. The second kappa shape index (κ2) is 9.13. The van der Waals surface area contributed by atoms with Crippen LogP contribution in [0.5, 0.6) is 5.75 Å². The number of oxazole rings is 1. The van der Waals surface area contributed by atoms with E-state index in [1.165, 1.54) is 0 Å². The van der Waals surface area contributed by atoms with Crippen LogP contribution in [0.4, 0.5) is 0 Å². The molecule has 6 nitrogen and oxygen atoms in total. The maximum Gasteiger partial charge on any atom is 0.227 e. The average molecular weight is 405 g/mol. The SMILES string of the molecule is COc1ccc(CC(=O)N2CCN(Cc3nc(-c4ccccc4)oc3C)CC2)cc1. The number of methoxy groups -OCH3 is 1. The molecule has 0 saturated carbocycles. The van der Waals surface area contributed by atoms with Gasteiger partial charge in [0.05, 0.1) is 19.2 Å². The van der Waals surface area contributed by atoms with E-state index in [1.807, 2.05) is 66.4 Å². The summed E-state index contributed by atoms with van der Waals surface area (Å²) in [6, 6.07) is 17.6. The molecule has 2 heterocycles. The van der Waals surface area contributed by atoms with Crippen LogP contribution < -0.4 is 4.74 Å². The minimum atomic E-state index is 0.170. The lowest BCUT2D eigenvalue weighted by atomic mass is 10.1. The van der Waals surface area contributed by atoms with Crippen molar-refractivity contribution < 1.29 is 13.9 Å². The van der Waals surface area contributed by atoms with Crippen LogP contribution in [0.25, 0.3) is 11.5 Å². The number of amides is 1. The fourth-order valence-corrected chi connectivity index (χ4v) is 3.68. The lowest BCUT2D eigenvalue weighted by molar-refractivity contribution is -0.132. The molecule has 1 aromatic heterocycles. The fraction of sp³-hybridized carbons (Fsp3) is 0.333. The smallest absolute Gasteiger partial charge is 0.227 e. The average Bonchev–Trinajstić information content (AvgIpc) is 3.15. The van der Waals surface area contributed by atoms with Crippen LogP contribution in [0.15, 0.2) is 59.0 Å². The van der Waals surface area contributed by atoms with Gasteiger partial charge < -0.3 is 14.1 Å². The minimum absolute atomic E-state index is 0.170. The number of piperazine rings is 1. The van der Waals surface area contributed by atoms with Crippen molar-refractivity contribution in [2.75, 3.05) is 33.3 Å². The van der Waals surface area contributed by atoms with Gasteiger partial charge in [-0.1, -0.05) is 30.3 Å². The monoisotopic (exact) mass is 405 g/mol. The van der Waals surface area contributed by atoms with Gasteiger partial charge in [-0.25, -0.2) is 4.98 Å². The van der Waals surface area contributed by atoms with Crippen LogP contribution in [-0.2, 0) is 17.8 Å². The van der Waals surface area contributed by atoms with Crippen molar-refractivity contribution in [1.82, 2.24) is 14.8 Å². The van der Waals surface area contributed by atoms with E-state index < -0.39 is 0 Å². The number of benzene rings is 2. The Labute approximate surface area is 177 Å². The molecule has 4 rings (SSSR count). The summed E-state index contributed by atoms with van der Waals surface area (Å²) >= 11 is 0. The number of hydrogen-bond donors (Lipinski definition) is 0. The number of nitrogens with zero attached hydrogens (tertiary/aromatic N) is 3. The second-order valence-electron chi connectivity index (χ2n) is 7.57. The van der Waals surface area contributed by atoms with Gasteiger partial charge in [0.25, 0.3) is 0 Å². The molecule has 1 fully saturated rings. The van der Waals surface area contributed by atoms with E-state index in [9.17, 15) is 4.79 Å². The highest BCUT2D eigenvalue weighted by Crippen LogP contribution is 2.22. The Balaban J connectivity index is 1.30. The summed E-state index contributed by atoms with van der Waals surface area (Å²) in [6.45, 7) is 5.84. The number of carbonyl (C=O) groups excluding carboxylic acids is 1. The number of hydrogen-bond acceptors (Lipinski definition) is 5. The first-order chi connectivity index (χ1) is 14.6. The molecule has 0 N–H and O–H groups in total. The Morgan fingerprint density at radius 1 is 1.03 bits per heavy atom. The largest absolute Gasteiger partial charge is 0.497 e. The van der Waals surface area contributed by atoms with E-state index in [0.29, 0.717) is 12.3 Å². The molecular weight excluding hydrogens is 378 g/mol. The van der Waals surface area contributed by atoms with Crippen LogP contribution >= 0.6 is 0 Å². The first kappa shape index (κ1) is 20.2. The summed E-state index contributed by atoms with van der Waals surface area (Å²) < 4.78 is 11.0. The van der Waals surface area contributed by atoms with Crippen molar-refractivity contribution in [2.45, 2.75) is 19.9 Å². The van der Waals surface area contributed by atoms with Crippen molar-refractivity contribution in [3.8, 4) is 17.2 Å². The Hall–Kier alpha value is -3.12. The van der Waals surface area contributed by atoms with Crippen LogP contribution in [0.3, 0.4) is 0 Å². The Morgan fingerprint density at radius 3 is 2.40 bits per heavy atom. The van der Waals surface area contributed by atoms with Crippen LogP contribution in [-0.4, -0.2) is 54.0 Å². The van der Waals surface area contributed by atoms with Crippen LogP contribution in [0.2, 0.25) is 0 Å². The quantitative estimate of drug-likeness (QED) is 0.628. The Morgan fingerprint density at radius 2 is 1.73 bits per heavy atom. The summed E-state index contributed by atoms with van der Waals surface area (Å²) in [5.41, 5.74) is 2.96. The summed E-state index contributed by atoms with van der Waals surface area (Å²) in [5.74, 6) is 2.49. The molecule has 0 atom stereocenters. The van der Waals surface area contributed by atoms with Gasteiger partial charge in [0.2, 0.25) is 11.8 Å². The summed E-state index contributed by atoms with van der Waals surface area (Å²) in [6.07, 6.45) is 0.423. The molecule has 0 bridgehead atoms. The van der Waals surface area contributed by atoms with Crippen LogP contribution in [0.1, 0.15) is 17.0 Å². The lowest BCUT2D eigenvalue weighted by Crippen LogP contribution is -2.48. The molecule has 0 spiro atoms. The fourth-order valence-electron chi connectivity index (χ4n) is 3.68. The second-order valence-corrected chi connectivity index (χ2v) is 7.57. The minimum Gasteiger partial charge on any atom is -0.497 e. The van der Waals surface area contributed by atoms with Crippen LogP contribution in [0, 0.1) is 6.92 Å². The maximum absolute atomic E-state index is 12.7. The molecule has 1 saturated heterocycles. The first-order valence-corrected chi connectivity index (χ1v) is 10.3. The van der Waals surface area contributed by atoms with E-state index in [2.05, 4.69) is 4.90 Å². The molecular formula is C24H27N3O3. The highest BCUT2D eigenvalue weighted by molar-refractivity contribution is 5.79. The van der Waals surface area contributed by atoms with Gasteiger partial charge in [0.1, 0.15) is 11.5 Å². The zero-order chi connectivity index (χ0) is 20.9. The van der Waals surface area contributed by atoms with Gasteiger partial charge in [-0.3, -0.25) is 9.69 Å². The number of rotatable bonds is 6. The zero-order valence-corrected chi connectivity index (χ0v) is 17.5. The highest BCUT2D eigenvalue weighted by atomic mass is 16.5. The van der Waals surface area contributed by atoms with E-state index in [-0.39, 0.29) is 5.91 Å². The molecule has 2 aromatic carbocycles. The van der Waals surface area contributed by atoms with Crippen molar-refractivity contribution in [3.05, 3.63) is 71.6 Å². The number of aromatic nitrogens is 1. The van der Waals surface area contributed by atoms with Gasteiger partial charge in [-0.15, -0.1) is 0 Å². The molecule has 1 aliphatic heterocycles. The van der Waals surface area contributed by atoms with Gasteiger partial charge in [0.15, 0.2) is 0 Å². The molecule has 1 aliphatic rings. The lowest BCUT2D eigenvalue weighted by Gasteiger charge is -2.34. The van der Waals surface area contributed by atoms with E-state index in [4.69, 9.17) is 14.1 Å². The van der Waals surface area contributed by atoms with Crippen molar-refractivity contribution >= 4 is 5.91 Å². The number of carbonyl (C=O) groups is 1. The van der Waals surface area contributed by atoms with E-state index in [0.717, 1.165) is 61.1 Å². The normalized spacial score (nSPS) is 14.7. The molecule has 1 amide bonds. The molecule has 156 valence electrons. The maximum atomic E-state index is 12.7. The summed E-state index contributed by atoms with van der Waals surface area (Å²) in [7, 11) is 1.64. The molecule has 0 aliphatic carbocycles. The van der Waals surface area contributed by atoms with Gasteiger partial charge in [-0.2, -0.15) is 0 Å². The van der Waals surface area contributed by atoms with Crippen molar-refractivity contribution in [2.24, 2.45) is 0 Å². The molecule has 30 heavy (non-hydrogen) atoms. The first-order valence-electron chi connectivity index (χ1n) is 10.3. The standard InChI is InChI=1S/C24H27N3O3/c1-18-22(25-24(30-18)20-6-4-3-5-7-20)17-26-12-14-27(15-13-26)23(28)16-19-8-10-21(29-2)11-9-19/h3-11H,12-17H2,1-2H3. The highest BCUT2D eigenvalue weighted by Gasteiger charge is 2.23. The molecule has 6 heteroatoms. The predicted molar refractivity (Wildman–Crippen MR) is 115 cm³/mol. The Kier molecular flexibility index (Phi) is 6.14. The summed E-state index contributed by atoms with van der Waals surface area (Å²) in [4.78, 5) is 21.6. The molecule has 0 unspecified atom stereocenters. The van der Waals surface area contributed by atoms with Crippen molar-refractivity contribution in [3.63, 3.8) is 0 Å². The third-order valence-corrected chi connectivity index (χ3v) is 5.53. The van der Waals surface area contributed by atoms with Gasteiger partial charge in [-0.05, 0) is 36.8 Å². The molecule has 3 aromatic rings. The van der Waals surface area contributed by atoms with E-state index >= 15 is 0 Å². The third-order valence-electron chi connectivity index (χ3n) is 5.53. The van der Waals surface area contributed by atoms with E-state index in [1.54, 1.807) is 7.11 Å². The zero-order valence-electron chi connectivity index (χ0n) is 17.5. The number of aryl methyl sites for hydroxylation is 1.